The van der Waals surface area contributed by atoms with Crippen molar-refractivity contribution in [1.82, 2.24) is 14.9 Å². The first-order valence-electron chi connectivity index (χ1n) is 8.78. The Kier molecular flexibility index (Phi) is 5.10. The molecule has 6 heteroatoms. The number of carbonyl (C=O) groups is 1. The van der Waals surface area contributed by atoms with Crippen molar-refractivity contribution in [2.75, 3.05) is 31.1 Å². The van der Waals surface area contributed by atoms with Gasteiger partial charge in [0.2, 0.25) is 5.95 Å². The lowest BCUT2D eigenvalue weighted by Gasteiger charge is -2.37. The van der Waals surface area contributed by atoms with Crippen molar-refractivity contribution in [2.45, 2.75) is 45.1 Å². The quantitative estimate of drug-likeness (QED) is 0.918. The number of likely N-dealkylation sites (tertiary alicyclic amines) is 1. The molecule has 2 fully saturated rings. The lowest BCUT2D eigenvalue weighted by Crippen LogP contribution is -2.49. The van der Waals surface area contributed by atoms with Crippen molar-refractivity contribution in [3.8, 4) is 0 Å². The van der Waals surface area contributed by atoms with Crippen LogP contribution in [0.1, 0.15) is 49.5 Å². The molecule has 0 bridgehead atoms. The first-order valence-corrected chi connectivity index (χ1v) is 8.78. The molecule has 3 rings (SSSR count). The van der Waals surface area contributed by atoms with Crippen molar-refractivity contribution >= 4 is 11.9 Å². The summed E-state index contributed by atoms with van der Waals surface area (Å²) in [5.74, 6) is 1.31. The second-order valence-electron chi connectivity index (χ2n) is 6.81. The monoisotopic (exact) mass is 317 g/mol. The zero-order valence-electron chi connectivity index (χ0n) is 13.9. The molecule has 0 saturated carbocycles. The molecule has 2 aliphatic rings. The van der Waals surface area contributed by atoms with E-state index < -0.39 is 0 Å². The maximum Gasteiger partial charge on any atom is 0.272 e. The molecular formula is C17H27N5O. The summed E-state index contributed by atoms with van der Waals surface area (Å²) >= 11 is 0. The Morgan fingerprint density at radius 3 is 2.83 bits per heavy atom. The average Bonchev–Trinajstić information content (AvgIpc) is 2.62. The molecule has 0 spiro atoms. The van der Waals surface area contributed by atoms with Gasteiger partial charge in [-0.3, -0.25) is 4.79 Å². The number of piperidine rings is 2. The van der Waals surface area contributed by atoms with E-state index in [4.69, 9.17) is 5.73 Å². The first-order chi connectivity index (χ1) is 11.2. The molecule has 1 aromatic rings. The van der Waals surface area contributed by atoms with Crippen molar-refractivity contribution in [3.05, 3.63) is 18.0 Å². The second kappa shape index (κ2) is 7.25. The van der Waals surface area contributed by atoms with E-state index in [1.165, 1.54) is 19.3 Å². The number of amides is 1. The molecular weight excluding hydrogens is 290 g/mol. The summed E-state index contributed by atoms with van der Waals surface area (Å²) in [6, 6.07) is 1.85. The highest BCUT2D eigenvalue weighted by Gasteiger charge is 2.30. The van der Waals surface area contributed by atoms with E-state index in [1.807, 2.05) is 4.90 Å². The Labute approximate surface area is 138 Å². The Morgan fingerprint density at radius 2 is 2.09 bits per heavy atom. The van der Waals surface area contributed by atoms with E-state index in [2.05, 4.69) is 21.8 Å². The highest BCUT2D eigenvalue weighted by molar-refractivity contribution is 5.92. The fraction of sp³-hybridized carbons (Fsp3) is 0.706. The minimum absolute atomic E-state index is 0.00647. The molecule has 6 nitrogen and oxygen atoms in total. The van der Waals surface area contributed by atoms with Gasteiger partial charge < -0.3 is 15.5 Å². The lowest BCUT2D eigenvalue weighted by molar-refractivity contribution is 0.0567. The summed E-state index contributed by atoms with van der Waals surface area (Å²) < 4.78 is 0. The molecule has 2 unspecified atom stereocenters. The number of aromatic nitrogens is 2. The van der Waals surface area contributed by atoms with Crippen molar-refractivity contribution in [2.24, 2.45) is 11.7 Å². The van der Waals surface area contributed by atoms with Crippen LogP contribution in [0.4, 0.5) is 5.95 Å². The minimum Gasteiger partial charge on any atom is -0.341 e. The number of carbonyl (C=O) groups excluding carboxylic acids is 1. The van der Waals surface area contributed by atoms with Gasteiger partial charge in [-0.05, 0) is 44.1 Å². The Hall–Kier alpha value is -1.69. The van der Waals surface area contributed by atoms with Gasteiger partial charge in [-0.15, -0.1) is 0 Å². The van der Waals surface area contributed by atoms with Gasteiger partial charge in [0.1, 0.15) is 5.69 Å². The van der Waals surface area contributed by atoms with Gasteiger partial charge in [-0.1, -0.05) is 6.92 Å². The molecule has 126 valence electrons. The van der Waals surface area contributed by atoms with Gasteiger partial charge >= 0.3 is 0 Å². The Morgan fingerprint density at radius 1 is 1.30 bits per heavy atom. The number of rotatable bonds is 3. The maximum absolute atomic E-state index is 12.9. The number of nitrogens with two attached hydrogens (primary N) is 1. The van der Waals surface area contributed by atoms with Crippen LogP contribution in [0.2, 0.25) is 0 Å². The van der Waals surface area contributed by atoms with Crippen LogP contribution < -0.4 is 10.6 Å². The van der Waals surface area contributed by atoms with E-state index in [1.54, 1.807) is 12.3 Å². The smallest absolute Gasteiger partial charge is 0.272 e. The van der Waals surface area contributed by atoms with Gasteiger partial charge in [0, 0.05) is 38.4 Å². The molecule has 2 saturated heterocycles. The largest absolute Gasteiger partial charge is 0.341 e. The maximum atomic E-state index is 12.9. The normalized spacial score (nSPS) is 25.5. The predicted molar refractivity (Wildman–Crippen MR) is 90.4 cm³/mol. The molecule has 2 N–H and O–H groups in total. The van der Waals surface area contributed by atoms with Gasteiger partial charge in [0.05, 0.1) is 0 Å². The van der Waals surface area contributed by atoms with Gasteiger partial charge in [-0.25, -0.2) is 9.97 Å². The summed E-state index contributed by atoms with van der Waals surface area (Å²) in [4.78, 5) is 25.9. The number of anilines is 1. The van der Waals surface area contributed by atoms with Crippen LogP contribution in [0.15, 0.2) is 12.3 Å². The Balaban J connectivity index is 1.76. The summed E-state index contributed by atoms with van der Waals surface area (Å²) in [6.45, 7) is 5.46. The highest BCUT2D eigenvalue weighted by Crippen LogP contribution is 2.24. The first kappa shape index (κ1) is 16.2. The lowest BCUT2D eigenvalue weighted by atomic mass is 9.92. The van der Waals surface area contributed by atoms with E-state index in [9.17, 15) is 4.79 Å². The highest BCUT2D eigenvalue weighted by atomic mass is 16.2. The SMILES string of the molecule is CC1CCN(C(=O)c2ccnc(N3CCCCC3)n2)C(CN)C1. The van der Waals surface area contributed by atoms with Crippen LogP contribution >= 0.6 is 0 Å². The molecule has 0 aromatic carbocycles. The van der Waals surface area contributed by atoms with Crippen molar-refractivity contribution in [3.63, 3.8) is 0 Å². The van der Waals surface area contributed by atoms with Gasteiger partial charge in [0.15, 0.2) is 0 Å². The van der Waals surface area contributed by atoms with Crippen LogP contribution in [0.25, 0.3) is 0 Å². The van der Waals surface area contributed by atoms with Crippen LogP contribution in [-0.4, -0.2) is 53.0 Å². The molecule has 3 heterocycles. The van der Waals surface area contributed by atoms with Crippen LogP contribution in [0.3, 0.4) is 0 Å². The molecule has 2 aliphatic heterocycles. The van der Waals surface area contributed by atoms with E-state index in [0.717, 1.165) is 32.5 Å². The van der Waals surface area contributed by atoms with E-state index in [0.29, 0.717) is 24.1 Å². The van der Waals surface area contributed by atoms with E-state index >= 15 is 0 Å². The van der Waals surface area contributed by atoms with Crippen LogP contribution in [0, 0.1) is 5.92 Å². The predicted octanol–water partition coefficient (Wildman–Crippen LogP) is 1.67. The molecule has 1 amide bonds. The molecule has 1 aromatic heterocycles. The Bertz CT molecular complexity index is 544. The van der Waals surface area contributed by atoms with Gasteiger partial charge in [0.25, 0.3) is 5.91 Å². The fourth-order valence-corrected chi connectivity index (χ4v) is 3.60. The molecule has 23 heavy (non-hydrogen) atoms. The van der Waals surface area contributed by atoms with Crippen molar-refractivity contribution < 1.29 is 4.79 Å². The van der Waals surface area contributed by atoms with Crippen LogP contribution in [-0.2, 0) is 0 Å². The zero-order chi connectivity index (χ0) is 16.2. The molecule has 2 atom stereocenters. The third kappa shape index (κ3) is 3.63. The molecule has 0 aliphatic carbocycles. The minimum atomic E-state index is -0.00647. The second-order valence-corrected chi connectivity index (χ2v) is 6.81. The number of hydrogen-bond donors (Lipinski definition) is 1. The van der Waals surface area contributed by atoms with Gasteiger partial charge in [-0.2, -0.15) is 0 Å². The van der Waals surface area contributed by atoms with Crippen LogP contribution in [0.5, 0.6) is 0 Å². The standard InChI is InChI=1S/C17H27N5O/c1-13-6-10-22(14(11-13)12-18)16(23)15-5-7-19-17(20-15)21-8-3-2-4-9-21/h5,7,13-14H,2-4,6,8-12,18H2,1H3. The summed E-state index contributed by atoms with van der Waals surface area (Å²) in [5.41, 5.74) is 6.38. The average molecular weight is 317 g/mol. The number of hydrogen-bond acceptors (Lipinski definition) is 5. The summed E-state index contributed by atoms with van der Waals surface area (Å²) in [7, 11) is 0. The summed E-state index contributed by atoms with van der Waals surface area (Å²) in [5, 5.41) is 0. The topological polar surface area (TPSA) is 75.4 Å². The summed E-state index contributed by atoms with van der Waals surface area (Å²) in [6.07, 6.45) is 7.31. The third-order valence-corrected chi connectivity index (χ3v) is 5.01. The van der Waals surface area contributed by atoms with E-state index in [-0.39, 0.29) is 11.9 Å². The number of nitrogens with zero attached hydrogens (tertiary/aromatic N) is 4. The zero-order valence-corrected chi connectivity index (χ0v) is 13.9. The molecule has 0 radical (unpaired) electrons. The third-order valence-electron chi connectivity index (χ3n) is 5.01. The van der Waals surface area contributed by atoms with Crippen molar-refractivity contribution in [1.29, 1.82) is 0 Å². The fourth-order valence-electron chi connectivity index (χ4n) is 3.60.